The predicted molar refractivity (Wildman–Crippen MR) is 91.8 cm³/mol. The van der Waals surface area contributed by atoms with Crippen molar-refractivity contribution in [2.24, 2.45) is 5.73 Å². The minimum absolute atomic E-state index is 0. The van der Waals surface area contributed by atoms with E-state index in [9.17, 15) is 4.79 Å². The molecule has 0 saturated heterocycles. The summed E-state index contributed by atoms with van der Waals surface area (Å²) in [4.78, 5) is 16.4. The fraction of sp³-hybridized carbons (Fsp3) is 0.333. The number of furan rings is 1. The van der Waals surface area contributed by atoms with Crippen LogP contribution in [0, 0.1) is 6.92 Å². The smallest absolute Gasteiger partial charge is 0.253 e. The molecule has 3 N–H and O–H groups in total. The molecule has 0 aliphatic heterocycles. The minimum atomic E-state index is -0.0991. The largest absolute Gasteiger partial charge is 0.463 e. The maximum Gasteiger partial charge on any atom is 0.253 e. The lowest BCUT2D eigenvalue weighted by molar-refractivity contribution is 0.0952. The third kappa shape index (κ3) is 5.33. The number of nitrogens with zero attached hydrogens (tertiary/aromatic N) is 1. The summed E-state index contributed by atoms with van der Waals surface area (Å²) in [6.45, 7) is 3.10. The first kappa shape index (κ1) is 20.4. The number of hydrogen-bond acceptors (Lipinski definition) is 4. The van der Waals surface area contributed by atoms with Crippen LogP contribution in [0.15, 0.2) is 34.9 Å². The molecule has 22 heavy (non-hydrogen) atoms. The topological polar surface area (TPSA) is 81.2 Å². The van der Waals surface area contributed by atoms with E-state index in [2.05, 4.69) is 10.3 Å². The second-order valence-corrected chi connectivity index (χ2v) is 4.56. The van der Waals surface area contributed by atoms with Gasteiger partial charge in [-0.3, -0.25) is 4.79 Å². The molecular formula is C15H21Cl2N3O2. The average Bonchev–Trinajstić information content (AvgIpc) is 2.97. The maximum atomic E-state index is 12.0. The van der Waals surface area contributed by atoms with Gasteiger partial charge in [-0.1, -0.05) is 0 Å². The normalized spacial score (nSPS) is 9.55. The fourth-order valence-electron chi connectivity index (χ4n) is 1.93. The summed E-state index contributed by atoms with van der Waals surface area (Å²) in [5.41, 5.74) is 7.42. The number of carbonyl (C=O) groups is 1. The van der Waals surface area contributed by atoms with Crippen LogP contribution in [0.25, 0.3) is 11.5 Å². The van der Waals surface area contributed by atoms with Crippen LogP contribution in [0.5, 0.6) is 0 Å². The molecule has 0 bridgehead atoms. The molecule has 5 nitrogen and oxygen atoms in total. The molecule has 0 unspecified atom stereocenters. The van der Waals surface area contributed by atoms with Crippen molar-refractivity contribution in [2.75, 3.05) is 13.1 Å². The SMILES string of the molecule is Cc1nc(-c2ccco2)ccc1C(=O)NCCCCN.Cl.Cl. The zero-order valence-electron chi connectivity index (χ0n) is 12.4. The molecule has 0 radical (unpaired) electrons. The van der Waals surface area contributed by atoms with Gasteiger partial charge >= 0.3 is 0 Å². The van der Waals surface area contributed by atoms with E-state index in [4.69, 9.17) is 10.2 Å². The second kappa shape index (κ2) is 10.2. The second-order valence-electron chi connectivity index (χ2n) is 4.56. The highest BCUT2D eigenvalue weighted by molar-refractivity contribution is 5.95. The van der Waals surface area contributed by atoms with E-state index < -0.39 is 0 Å². The van der Waals surface area contributed by atoms with Crippen molar-refractivity contribution in [3.8, 4) is 11.5 Å². The number of nitrogens with two attached hydrogens (primary N) is 1. The third-order valence-electron chi connectivity index (χ3n) is 3.02. The van der Waals surface area contributed by atoms with Crippen molar-refractivity contribution in [3.05, 3.63) is 41.8 Å². The van der Waals surface area contributed by atoms with E-state index in [0.29, 0.717) is 30.1 Å². The Kier molecular flexibility index (Phi) is 9.49. The molecule has 0 atom stereocenters. The molecule has 0 aromatic carbocycles. The van der Waals surface area contributed by atoms with E-state index in [1.807, 2.05) is 19.1 Å². The molecule has 2 heterocycles. The van der Waals surface area contributed by atoms with Gasteiger partial charge in [-0.25, -0.2) is 4.98 Å². The first-order valence-corrected chi connectivity index (χ1v) is 6.72. The standard InChI is InChI=1S/C15H19N3O2.2ClH/c1-11-12(15(19)17-9-3-2-8-16)6-7-13(18-11)14-5-4-10-20-14;;/h4-7,10H,2-3,8-9,16H2,1H3,(H,17,19);2*1H. The lowest BCUT2D eigenvalue weighted by atomic mass is 10.1. The Labute approximate surface area is 142 Å². The number of carbonyl (C=O) groups excluding carboxylic acids is 1. The minimum Gasteiger partial charge on any atom is -0.463 e. The van der Waals surface area contributed by atoms with Gasteiger partial charge in [-0.15, -0.1) is 24.8 Å². The average molecular weight is 346 g/mol. The van der Waals surface area contributed by atoms with Crippen molar-refractivity contribution in [2.45, 2.75) is 19.8 Å². The maximum absolute atomic E-state index is 12.0. The van der Waals surface area contributed by atoms with Gasteiger partial charge in [0.2, 0.25) is 0 Å². The number of aryl methyl sites for hydroxylation is 1. The molecule has 0 aliphatic rings. The van der Waals surface area contributed by atoms with Crippen LogP contribution in [-0.4, -0.2) is 24.0 Å². The first-order valence-electron chi connectivity index (χ1n) is 6.72. The summed E-state index contributed by atoms with van der Waals surface area (Å²) in [6.07, 6.45) is 3.40. The number of pyridine rings is 1. The van der Waals surface area contributed by atoms with E-state index in [0.717, 1.165) is 18.5 Å². The Morgan fingerprint density at radius 2 is 2.05 bits per heavy atom. The molecule has 0 fully saturated rings. The summed E-state index contributed by atoms with van der Waals surface area (Å²) in [5.74, 6) is 0.598. The van der Waals surface area contributed by atoms with Crippen LogP contribution in [0.2, 0.25) is 0 Å². The Morgan fingerprint density at radius 1 is 1.27 bits per heavy atom. The third-order valence-corrected chi connectivity index (χ3v) is 3.02. The molecule has 0 spiro atoms. The summed E-state index contributed by atoms with van der Waals surface area (Å²) in [7, 11) is 0. The summed E-state index contributed by atoms with van der Waals surface area (Å²) in [5, 5.41) is 2.87. The molecule has 2 aromatic heterocycles. The molecule has 0 saturated carbocycles. The van der Waals surface area contributed by atoms with E-state index in [1.165, 1.54) is 0 Å². The van der Waals surface area contributed by atoms with Crippen LogP contribution in [0.1, 0.15) is 28.9 Å². The van der Waals surface area contributed by atoms with E-state index >= 15 is 0 Å². The van der Waals surface area contributed by atoms with Crippen LogP contribution >= 0.6 is 24.8 Å². The molecule has 7 heteroatoms. The summed E-state index contributed by atoms with van der Waals surface area (Å²) < 4.78 is 5.29. The Hall–Kier alpha value is -1.56. The van der Waals surface area contributed by atoms with Crippen LogP contribution in [0.4, 0.5) is 0 Å². The van der Waals surface area contributed by atoms with Gasteiger partial charge in [0.05, 0.1) is 17.5 Å². The molecular weight excluding hydrogens is 325 g/mol. The van der Waals surface area contributed by atoms with Gasteiger partial charge in [-0.05, 0) is 50.6 Å². The van der Waals surface area contributed by atoms with Gasteiger partial charge < -0.3 is 15.5 Å². The lowest BCUT2D eigenvalue weighted by Gasteiger charge is -2.08. The first-order chi connectivity index (χ1) is 9.72. The van der Waals surface area contributed by atoms with E-state index in [1.54, 1.807) is 18.4 Å². The number of unbranched alkanes of at least 4 members (excludes halogenated alkanes) is 1. The molecule has 2 aromatic rings. The number of aromatic nitrogens is 1. The number of hydrogen-bond donors (Lipinski definition) is 2. The summed E-state index contributed by atoms with van der Waals surface area (Å²) in [6, 6.07) is 7.22. The zero-order valence-corrected chi connectivity index (χ0v) is 14.0. The number of nitrogens with one attached hydrogen (secondary N) is 1. The van der Waals surface area contributed by atoms with Crippen LogP contribution in [0.3, 0.4) is 0 Å². The number of amides is 1. The van der Waals surface area contributed by atoms with Crippen LogP contribution in [-0.2, 0) is 0 Å². The van der Waals surface area contributed by atoms with Gasteiger partial charge in [0.15, 0.2) is 5.76 Å². The van der Waals surface area contributed by atoms with Crippen molar-refractivity contribution in [1.82, 2.24) is 10.3 Å². The number of rotatable bonds is 6. The van der Waals surface area contributed by atoms with Crippen molar-refractivity contribution in [3.63, 3.8) is 0 Å². The Bertz CT molecular complexity index is 574. The molecule has 2 rings (SSSR count). The van der Waals surface area contributed by atoms with Gasteiger partial charge in [0, 0.05) is 6.54 Å². The zero-order chi connectivity index (χ0) is 14.4. The number of halogens is 2. The van der Waals surface area contributed by atoms with Crippen LogP contribution < -0.4 is 11.1 Å². The Balaban J connectivity index is 0.00000220. The quantitative estimate of drug-likeness (QED) is 0.788. The lowest BCUT2D eigenvalue weighted by Crippen LogP contribution is -2.25. The van der Waals surface area contributed by atoms with Crippen molar-refractivity contribution < 1.29 is 9.21 Å². The monoisotopic (exact) mass is 345 g/mol. The molecule has 122 valence electrons. The summed E-state index contributed by atoms with van der Waals surface area (Å²) >= 11 is 0. The highest BCUT2D eigenvalue weighted by atomic mass is 35.5. The molecule has 0 aliphatic carbocycles. The van der Waals surface area contributed by atoms with Gasteiger partial charge in [0.1, 0.15) is 5.69 Å². The molecule has 1 amide bonds. The van der Waals surface area contributed by atoms with Crippen molar-refractivity contribution in [1.29, 1.82) is 0 Å². The Morgan fingerprint density at radius 3 is 2.64 bits per heavy atom. The predicted octanol–water partition coefficient (Wildman–Crippen LogP) is 2.96. The van der Waals surface area contributed by atoms with Gasteiger partial charge in [-0.2, -0.15) is 0 Å². The van der Waals surface area contributed by atoms with E-state index in [-0.39, 0.29) is 30.7 Å². The highest BCUT2D eigenvalue weighted by Gasteiger charge is 2.11. The fourth-order valence-corrected chi connectivity index (χ4v) is 1.93. The van der Waals surface area contributed by atoms with Crippen molar-refractivity contribution >= 4 is 30.7 Å². The van der Waals surface area contributed by atoms with Gasteiger partial charge in [0.25, 0.3) is 5.91 Å². The highest BCUT2D eigenvalue weighted by Crippen LogP contribution is 2.19.